The quantitative estimate of drug-likeness (QED) is 0.358. The van der Waals surface area contributed by atoms with Crippen molar-refractivity contribution in [2.45, 2.75) is 24.7 Å². The van der Waals surface area contributed by atoms with Crippen LogP contribution < -0.4 is 4.72 Å². The van der Waals surface area contributed by atoms with E-state index in [1.54, 1.807) is 0 Å². The first-order chi connectivity index (χ1) is 12.2. The van der Waals surface area contributed by atoms with E-state index >= 15 is 0 Å². The Morgan fingerprint density at radius 2 is 1.65 bits per heavy atom. The van der Waals surface area contributed by atoms with Gasteiger partial charge in [0.15, 0.2) is 0 Å². The minimum absolute atomic E-state index is 0.0528. The van der Waals surface area contributed by atoms with Crippen molar-refractivity contribution in [1.29, 1.82) is 0 Å². The number of carbonyl (C=O) groups is 1. The van der Waals surface area contributed by atoms with Crippen LogP contribution in [0.4, 0.5) is 5.69 Å². The number of carbonyl (C=O) groups excluding carboxylic acids is 1. The van der Waals surface area contributed by atoms with Crippen LogP contribution in [0.5, 0.6) is 0 Å². The minimum atomic E-state index is -3.98. The lowest BCUT2D eigenvalue weighted by Crippen LogP contribution is -2.14. The van der Waals surface area contributed by atoms with Gasteiger partial charge >= 0.3 is 5.97 Å². The standard InChI is InChI=1S/C17H16Cl3NO4S/c1-2-3-8-25-17(22)11-4-6-12(7-5-11)21-26(23,24)16-10-14(19)13(18)9-15(16)20/h4-7,9-10,21H,2-3,8H2,1H3. The van der Waals surface area contributed by atoms with Gasteiger partial charge in [-0.25, -0.2) is 13.2 Å². The molecular formula is C17H16Cl3NO4S. The molecule has 2 aromatic rings. The number of anilines is 1. The molecule has 5 nitrogen and oxygen atoms in total. The molecule has 0 atom stereocenters. The van der Waals surface area contributed by atoms with Crippen LogP contribution in [0.3, 0.4) is 0 Å². The molecule has 2 rings (SSSR count). The van der Waals surface area contributed by atoms with Crippen LogP contribution in [0, 0.1) is 0 Å². The molecule has 0 heterocycles. The van der Waals surface area contributed by atoms with Crippen molar-refractivity contribution in [2.24, 2.45) is 0 Å². The normalized spacial score (nSPS) is 11.2. The maximum atomic E-state index is 12.5. The zero-order valence-corrected chi connectivity index (χ0v) is 16.8. The highest BCUT2D eigenvalue weighted by Gasteiger charge is 2.20. The Kier molecular flexibility index (Phi) is 7.17. The number of halogens is 3. The third-order valence-electron chi connectivity index (χ3n) is 3.37. The van der Waals surface area contributed by atoms with Gasteiger partial charge < -0.3 is 4.74 Å². The summed E-state index contributed by atoms with van der Waals surface area (Å²) >= 11 is 17.6. The number of unbranched alkanes of at least 4 members (excludes halogenated alkanes) is 1. The van der Waals surface area contributed by atoms with Crippen molar-refractivity contribution in [3.8, 4) is 0 Å². The van der Waals surface area contributed by atoms with Gasteiger partial charge in [-0.15, -0.1) is 0 Å². The van der Waals surface area contributed by atoms with E-state index in [1.165, 1.54) is 36.4 Å². The lowest BCUT2D eigenvalue weighted by atomic mass is 10.2. The highest BCUT2D eigenvalue weighted by Crippen LogP contribution is 2.32. The van der Waals surface area contributed by atoms with Crippen LogP contribution in [-0.4, -0.2) is 21.0 Å². The van der Waals surface area contributed by atoms with Crippen molar-refractivity contribution in [3.63, 3.8) is 0 Å². The van der Waals surface area contributed by atoms with Gasteiger partial charge in [0, 0.05) is 5.69 Å². The molecule has 140 valence electrons. The lowest BCUT2D eigenvalue weighted by Gasteiger charge is -2.11. The summed E-state index contributed by atoms with van der Waals surface area (Å²) in [7, 11) is -3.98. The van der Waals surface area contributed by atoms with E-state index in [2.05, 4.69) is 4.72 Å². The molecule has 1 N–H and O–H groups in total. The van der Waals surface area contributed by atoms with Crippen LogP contribution in [0.2, 0.25) is 15.1 Å². The zero-order valence-electron chi connectivity index (χ0n) is 13.8. The Hall–Kier alpha value is -1.47. The van der Waals surface area contributed by atoms with Crippen molar-refractivity contribution < 1.29 is 17.9 Å². The molecule has 0 aliphatic carbocycles. The van der Waals surface area contributed by atoms with Crippen molar-refractivity contribution in [1.82, 2.24) is 0 Å². The highest BCUT2D eigenvalue weighted by atomic mass is 35.5. The third-order valence-corrected chi connectivity index (χ3v) is 5.94. The monoisotopic (exact) mass is 435 g/mol. The van der Waals surface area contributed by atoms with Gasteiger partial charge in [0.05, 0.1) is 27.2 Å². The summed E-state index contributed by atoms with van der Waals surface area (Å²) in [5, 5.41) is 0.172. The molecule has 0 spiro atoms. The Labute approximate surface area is 167 Å². The summed E-state index contributed by atoms with van der Waals surface area (Å²) < 4.78 is 32.5. The Morgan fingerprint density at radius 3 is 2.27 bits per heavy atom. The van der Waals surface area contributed by atoms with Gasteiger partial charge in [0.25, 0.3) is 10.0 Å². The van der Waals surface area contributed by atoms with Crippen molar-refractivity contribution >= 4 is 56.5 Å². The van der Waals surface area contributed by atoms with E-state index in [4.69, 9.17) is 39.5 Å². The SMILES string of the molecule is CCCCOC(=O)c1ccc(NS(=O)(=O)c2cc(Cl)c(Cl)cc2Cl)cc1. The number of hydrogen-bond acceptors (Lipinski definition) is 4. The summed E-state index contributed by atoms with van der Waals surface area (Å²) in [5.41, 5.74) is 0.592. The molecule has 0 aromatic heterocycles. The number of rotatable bonds is 7. The predicted molar refractivity (Wildman–Crippen MR) is 104 cm³/mol. The smallest absolute Gasteiger partial charge is 0.338 e. The maximum Gasteiger partial charge on any atom is 0.338 e. The Balaban J connectivity index is 2.15. The Morgan fingerprint density at radius 1 is 1.04 bits per heavy atom. The van der Waals surface area contributed by atoms with E-state index in [1.807, 2.05) is 6.92 Å². The molecule has 0 saturated carbocycles. The maximum absolute atomic E-state index is 12.5. The van der Waals surface area contributed by atoms with Gasteiger partial charge in [-0.1, -0.05) is 48.1 Å². The predicted octanol–water partition coefficient (Wildman–Crippen LogP) is 5.40. The van der Waals surface area contributed by atoms with Crippen LogP contribution in [-0.2, 0) is 14.8 Å². The van der Waals surface area contributed by atoms with E-state index in [9.17, 15) is 13.2 Å². The third kappa shape index (κ3) is 5.27. The minimum Gasteiger partial charge on any atom is -0.462 e. The van der Waals surface area contributed by atoms with E-state index in [0.29, 0.717) is 12.2 Å². The molecule has 0 aliphatic rings. The van der Waals surface area contributed by atoms with Gasteiger partial charge in [0.2, 0.25) is 0 Å². The number of sulfonamides is 1. The van der Waals surface area contributed by atoms with Gasteiger partial charge in [-0.2, -0.15) is 0 Å². The lowest BCUT2D eigenvalue weighted by molar-refractivity contribution is 0.0500. The van der Waals surface area contributed by atoms with Gasteiger partial charge in [0.1, 0.15) is 4.90 Å². The second-order valence-corrected chi connectivity index (χ2v) is 8.24. The number of hydrogen-bond donors (Lipinski definition) is 1. The molecule has 0 fully saturated rings. The molecule has 0 amide bonds. The summed E-state index contributed by atoms with van der Waals surface area (Å²) in [5.74, 6) is -0.458. The zero-order chi connectivity index (χ0) is 19.3. The number of benzene rings is 2. The van der Waals surface area contributed by atoms with Crippen molar-refractivity contribution in [3.05, 3.63) is 57.0 Å². The summed E-state index contributed by atoms with van der Waals surface area (Å²) in [6.45, 7) is 2.34. The largest absolute Gasteiger partial charge is 0.462 e. The van der Waals surface area contributed by atoms with Crippen LogP contribution >= 0.6 is 34.8 Å². The van der Waals surface area contributed by atoms with E-state index in [-0.39, 0.29) is 25.7 Å². The van der Waals surface area contributed by atoms with Crippen LogP contribution in [0.1, 0.15) is 30.1 Å². The van der Waals surface area contributed by atoms with Crippen molar-refractivity contribution in [2.75, 3.05) is 11.3 Å². The molecule has 0 saturated heterocycles. The van der Waals surface area contributed by atoms with Gasteiger partial charge in [-0.05, 0) is 42.8 Å². The fourth-order valence-electron chi connectivity index (χ4n) is 1.99. The van der Waals surface area contributed by atoms with Gasteiger partial charge in [-0.3, -0.25) is 4.72 Å². The second kappa shape index (κ2) is 8.95. The number of esters is 1. The first-order valence-electron chi connectivity index (χ1n) is 7.69. The fraction of sp³-hybridized carbons (Fsp3) is 0.235. The average Bonchev–Trinajstić information content (AvgIpc) is 2.58. The molecule has 0 aliphatic heterocycles. The number of nitrogens with one attached hydrogen (secondary N) is 1. The average molecular weight is 437 g/mol. The number of ether oxygens (including phenoxy) is 1. The highest BCUT2D eigenvalue weighted by molar-refractivity contribution is 7.92. The van der Waals surface area contributed by atoms with E-state index < -0.39 is 16.0 Å². The topological polar surface area (TPSA) is 72.5 Å². The molecule has 0 unspecified atom stereocenters. The van der Waals surface area contributed by atoms with Crippen LogP contribution in [0.15, 0.2) is 41.3 Å². The molecular weight excluding hydrogens is 421 g/mol. The molecule has 2 aromatic carbocycles. The molecule has 0 radical (unpaired) electrons. The van der Waals surface area contributed by atoms with Crippen LogP contribution in [0.25, 0.3) is 0 Å². The first-order valence-corrected chi connectivity index (χ1v) is 10.3. The molecule has 26 heavy (non-hydrogen) atoms. The second-order valence-electron chi connectivity index (χ2n) is 5.37. The summed E-state index contributed by atoms with van der Waals surface area (Å²) in [6.07, 6.45) is 1.71. The molecule has 9 heteroatoms. The fourth-order valence-corrected chi connectivity index (χ4v) is 4.05. The first kappa shape index (κ1) is 20.8. The molecule has 0 bridgehead atoms. The Bertz CT molecular complexity index is 899. The summed E-state index contributed by atoms with van der Waals surface area (Å²) in [6, 6.07) is 8.30. The summed E-state index contributed by atoms with van der Waals surface area (Å²) in [4.78, 5) is 11.6. The van der Waals surface area contributed by atoms with E-state index in [0.717, 1.165) is 12.8 Å².